The summed E-state index contributed by atoms with van der Waals surface area (Å²) in [5.74, 6) is 0. The van der Waals surface area contributed by atoms with Crippen molar-refractivity contribution < 1.29 is 45.1 Å². The van der Waals surface area contributed by atoms with Gasteiger partial charge in [0.05, 0.1) is 0 Å². The Morgan fingerprint density at radius 2 is 0.863 bits per heavy atom. The van der Waals surface area contributed by atoms with Gasteiger partial charge in [0.15, 0.2) is 0 Å². The molecule has 0 radical (unpaired) electrons. The van der Waals surface area contributed by atoms with Crippen molar-refractivity contribution in [1.29, 1.82) is 0 Å². The average molecular weight is 797 g/mol. The van der Waals surface area contributed by atoms with Crippen molar-refractivity contribution in [2.24, 2.45) is 0 Å². The summed E-state index contributed by atoms with van der Waals surface area (Å²) in [4.78, 5) is 0. The van der Waals surface area contributed by atoms with Crippen LogP contribution >= 0.6 is 0 Å². The maximum atomic E-state index is 2.68. The van der Waals surface area contributed by atoms with Crippen LogP contribution in [0.3, 0.4) is 0 Å². The van der Waals surface area contributed by atoms with Crippen LogP contribution < -0.4 is 24.8 Å². The number of hydrogen-bond acceptors (Lipinski definition) is 0. The first-order chi connectivity index (χ1) is 23.1. The molecule has 268 valence electrons. The third kappa shape index (κ3) is 6.66. The molecule has 0 nitrogen and oxygen atoms in total. The largest absolute Gasteiger partial charge is 1.00 e. The number of halogens is 2. The van der Waals surface area contributed by atoms with Gasteiger partial charge in [0.1, 0.15) is 0 Å². The van der Waals surface area contributed by atoms with Crippen molar-refractivity contribution in [2.45, 2.75) is 122 Å². The third-order valence-corrected chi connectivity index (χ3v) is 25.4. The normalized spacial score (nSPS) is 18.0. The van der Waals surface area contributed by atoms with Crippen LogP contribution in [0.2, 0.25) is 8.26 Å². The monoisotopic (exact) mass is 794 g/mol. The van der Waals surface area contributed by atoms with Gasteiger partial charge in [0.25, 0.3) is 0 Å². The molecule has 2 unspecified atom stereocenters. The Labute approximate surface area is 326 Å². The van der Waals surface area contributed by atoms with E-state index >= 15 is 0 Å². The van der Waals surface area contributed by atoms with E-state index in [2.05, 4.69) is 156 Å². The van der Waals surface area contributed by atoms with E-state index in [-0.39, 0.29) is 35.6 Å². The van der Waals surface area contributed by atoms with Gasteiger partial charge in [-0.2, -0.15) is 0 Å². The van der Waals surface area contributed by atoms with E-state index in [1.165, 1.54) is 63.9 Å². The molecule has 1 heterocycles. The molecule has 0 aromatic heterocycles. The van der Waals surface area contributed by atoms with E-state index in [0.717, 1.165) is 12.8 Å². The van der Waals surface area contributed by atoms with Crippen LogP contribution in [0.5, 0.6) is 0 Å². The van der Waals surface area contributed by atoms with Crippen LogP contribution in [0.25, 0.3) is 34.4 Å². The van der Waals surface area contributed by atoms with Gasteiger partial charge >= 0.3 is 304 Å². The predicted octanol–water partition coefficient (Wildman–Crippen LogP) is 8.26. The molecule has 1 fully saturated rings. The molecule has 1 aliphatic heterocycles. The zero-order valence-electron chi connectivity index (χ0n) is 33.2. The van der Waals surface area contributed by atoms with Gasteiger partial charge in [-0.15, -0.1) is 0 Å². The maximum Gasteiger partial charge on any atom is -1.00 e. The van der Waals surface area contributed by atoms with Crippen molar-refractivity contribution in [3.8, 4) is 22.3 Å². The Bertz CT molecular complexity index is 1880. The van der Waals surface area contributed by atoms with Crippen LogP contribution in [0.15, 0.2) is 71.8 Å². The quantitative estimate of drug-likeness (QED) is 0.185. The van der Waals surface area contributed by atoms with Crippen molar-refractivity contribution in [3.05, 3.63) is 127 Å². The van der Waals surface area contributed by atoms with E-state index in [0.29, 0.717) is 7.25 Å². The van der Waals surface area contributed by atoms with Crippen LogP contribution in [0, 0.1) is 27.7 Å². The number of allylic oxidation sites excluding steroid dienone is 2. The zero-order valence-corrected chi connectivity index (χ0v) is 37.1. The molecule has 0 amide bonds. The third-order valence-electron chi connectivity index (χ3n) is 12.5. The topological polar surface area (TPSA) is 0 Å². The molecular weight excluding hydrogens is 739 g/mol. The molecule has 3 aliphatic rings. The first kappa shape index (κ1) is 40.0. The van der Waals surface area contributed by atoms with E-state index in [9.17, 15) is 0 Å². The molecule has 2 aliphatic carbocycles. The Balaban J connectivity index is 0.00000252. The first-order valence-electron chi connectivity index (χ1n) is 19.0. The van der Waals surface area contributed by atoms with Crippen molar-refractivity contribution >= 4 is 12.2 Å². The summed E-state index contributed by atoms with van der Waals surface area (Å²) in [7, 11) is 0. The minimum absolute atomic E-state index is 0. The molecule has 7 rings (SSSR count). The fraction of sp³-hybridized carbons (Fsp3) is 0.417. The molecule has 51 heavy (non-hydrogen) atoms. The van der Waals surface area contributed by atoms with Crippen LogP contribution in [0.1, 0.15) is 131 Å². The minimum Gasteiger partial charge on any atom is -1.00 e. The smallest absolute Gasteiger partial charge is 1.00 e. The second-order valence-electron chi connectivity index (χ2n) is 17.8. The summed E-state index contributed by atoms with van der Waals surface area (Å²) in [5, 5.41) is 0. The summed E-state index contributed by atoms with van der Waals surface area (Å²) < 4.78 is 4.35. The van der Waals surface area contributed by atoms with Crippen LogP contribution in [-0.2, 0) is 31.1 Å². The molecule has 1 saturated heterocycles. The maximum absolute atomic E-state index is 2.85. The second kappa shape index (κ2) is 14.2. The summed E-state index contributed by atoms with van der Waals surface area (Å²) in [6, 6.07) is 24.1. The van der Waals surface area contributed by atoms with E-state index < -0.39 is 20.3 Å². The standard InChI is InChI=1S/2C23H27.C2H4.2ClH.Zr/c2*1-7-17-13-20-15(2)12-16(3)22(21(20)14-17)18-8-10-19(11-9-18)23(4,5)6;1-2;;;/h2*8-14H,7H2,1-6H3;1-2H2;2*1H;/q;;;;;+2/p-2. The zero-order chi connectivity index (χ0) is 35.2. The van der Waals surface area contributed by atoms with Crippen molar-refractivity contribution in [3.63, 3.8) is 0 Å². The summed E-state index contributed by atoms with van der Waals surface area (Å²) in [6.07, 6.45) is 7.67. The Morgan fingerprint density at radius 3 is 1.14 bits per heavy atom. The van der Waals surface area contributed by atoms with E-state index in [1.807, 2.05) is 0 Å². The number of aryl methyl sites for hydroxylation is 4. The van der Waals surface area contributed by atoms with Crippen molar-refractivity contribution in [2.75, 3.05) is 0 Å². The number of rotatable bonds is 6. The van der Waals surface area contributed by atoms with Gasteiger partial charge < -0.3 is 24.8 Å². The molecule has 0 spiro atoms. The summed E-state index contributed by atoms with van der Waals surface area (Å²) in [5.41, 5.74) is 24.7. The fourth-order valence-corrected chi connectivity index (χ4v) is 28.2. The van der Waals surface area contributed by atoms with Crippen molar-refractivity contribution in [1.82, 2.24) is 0 Å². The molecule has 0 saturated carbocycles. The molecule has 2 atom stereocenters. The molecular formula is C48H58Cl2Zr. The van der Waals surface area contributed by atoms with Gasteiger partial charge in [-0.1, -0.05) is 0 Å². The van der Waals surface area contributed by atoms with Gasteiger partial charge in [-0.3, -0.25) is 0 Å². The molecule has 4 aromatic carbocycles. The minimum atomic E-state index is -2.85. The number of hydrogen-bond donors (Lipinski definition) is 0. The van der Waals surface area contributed by atoms with Gasteiger partial charge in [0.2, 0.25) is 0 Å². The van der Waals surface area contributed by atoms with E-state index in [1.54, 1.807) is 33.4 Å². The molecule has 4 aromatic rings. The summed E-state index contributed by atoms with van der Waals surface area (Å²) >= 11 is -2.85. The fourth-order valence-electron chi connectivity index (χ4n) is 9.90. The average Bonchev–Trinajstić information content (AvgIpc) is 3.57. The predicted molar refractivity (Wildman–Crippen MR) is 212 cm³/mol. The van der Waals surface area contributed by atoms with E-state index in [4.69, 9.17) is 0 Å². The SMILES string of the molecule is CCC1=Cc2c(-c3ccc(C(C)(C)C)cc3)c(C)cc(C)c2[CH]1[Zr+2]1([CH]2C(CC)=Cc3c(-c4ccc(C(C)(C)C)cc4)c(C)cc(C)c32)[CH2][CH2]1.[Cl-].[Cl-]. The van der Waals surface area contributed by atoms with Gasteiger partial charge in [-0.05, 0) is 0 Å². The van der Waals surface area contributed by atoms with Gasteiger partial charge in [0, 0.05) is 0 Å². The number of benzene rings is 4. The number of fused-ring (bicyclic) bond motifs is 2. The van der Waals surface area contributed by atoms with Crippen LogP contribution in [0.4, 0.5) is 0 Å². The second-order valence-corrected chi connectivity index (χ2v) is 29.2. The Morgan fingerprint density at radius 1 is 0.529 bits per heavy atom. The Hall–Kier alpha value is -2.18. The molecule has 3 heteroatoms. The first-order valence-corrected chi connectivity index (χ1v) is 25.3. The van der Waals surface area contributed by atoms with Gasteiger partial charge in [-0.25, -0.2) is 0 Å². The molecule has 0 N–H and O–H groups in total. The molecule has 0 bridgehead atoms. The summed E-state index contributed by atoms with van der Waals surface area (Å²) in [6.45, 7) is 28.3. The van der Waals surface area contributed by atoms with Crippen LogP contribution in [-0.4, -0.2) is 0 Å². The Kier molecular flexibility index (Phi) is 11.2.